The zero-order chi connectivity index (χ0) is 22.1. The molecule has 30 heavy (non-hydrogen) atoms. The summed E-state index contributed by atoms with van der Waals surface area (Å²) in [6, 6.07) is 1.04. The largest absolute Gasteiger partial charge is 0.462 e. The molecule has 0 aliphatic carbocycles. The molecule has 3 heterocycles. The molecule has 1 fully saturated rings. The average molecular weight is 444 g/mol. The minimum atomic E-state index is -4.57. The van der Waals surface area contributed by atoms with Crippen LogP contribution in [0.25, 0.3) is 10.2 Å². The number of nitrogens with zero attached hydrogens (tertiary/aromatic N) is 3. The van der Waals surface area contributed by atoms with Crippen molar-refractivity contribution in [2.24, 2.45) is 0 Å². The third kappa shape index (κ3) is 4.84. The van der Waals surface area contributed by atoms with Crippen LogP contribution in [0, 0.1) is 0 Å². The number of carbonyl (C=O) groups is 2. The number of anilines is 1. The van der Waals surface area contributed by atoms with Gasteiger partial charge in [0.1, 0.15) is 5.82 Å². The average Bonchev–Trinajstić information content (AvgIpc) is 3.09. The minimum Gasteiger partial charge on any atom is -0.462 e. The van der Waals surface area contributed by atoms with Crippen LogP contribution < -0.4 is 10.2 Å². The van der Waals surface area contributed by atoms with Crippen molar-refractivity contribution in [2.45, 2.75) is 26.1 Å². The van der Waals surface area contributed by atoms with Crippen molar-refractivity contribution in [3.8, 4) is 0 Å². The van der Waals surface area contributed by atoms with Crippen molar-refractivity contribution in [2.75, 3.05) is 44.7 Å². The summed E-state index contributed by atoms with van der Waals surface area (Å²) in [6.45, 7) is 5.47. The van der Waals surface area contributed by atoms with Crippen LogP contribution in [0.1, 0.15) is 29.8 Å². The molecule has 2 aromatic rings. The lowest BCUT2D eigenvalue weighted by molar-refractivity contribution is -0.148. The normalized spacial score (nSPS) is 15.6. The fourth-order valence-corrected chi connectivity index (χ4v) is 4.30. The van der Waals surface area contributed by atoms with Gasteiger partial charge in [-0.15, -0.1) is 11.3 Å². The van der Waals surface area contributed by atoms with Gasteiger partial charge in [-0.2, -0.15) is 13.2 Å². The molecular formula is C19H23F3N4O3S. The third-order valence-electron chi connectivity index (χ3n) is 4.70. The molecule has 1 amide bonds. The molecular weight excluding hydrogens is 421 g/mol. The highest BCUT2D eigenvalue weighted by Crippen LogP contribution is 2.40. The van der Waals surface area contributed by atoms with Gasteiger partial charge in [0, 0.05) is 38.6 Å². The maximum absolute atomic E-state index is 13.7. The van der Waals surface area contributed by atoms with Crippen LogP contribution in [0.5, 0.6) is 0 Å². The summed E-state index contributed by atoms with van der Waals surface area (Å²) in [6.07, 6.45) is -4.76. The Bertz CT molecular complexity index is 937. The first-order valence-corrected chi connectivity index (χ1v) is 10.4. The number of esters is 1. The predicted molar refractivity (Wildman–Crippen MR) is 108 cm³/mol. The number of amides is 1. The molecule has 164 valence electrons. The Balaban J connectivity index is 1.84. The van der Waals surface area contributed by atoms with Crippen molar-refractivity contribution < 1.29 is 27.5 Å². The Hall–Kier alpha value is -2.40. The van der Waals surface area contributed by atoms with E-state index in [9.17, 15) is 22.8 Å². The van der Waals surface area contributed by atoms with E-state index in [4.69, 9.17) is 4.74 Å². The highest BCUT2D eigenvalue weighted by molar-refractivity contribution is 7.17. The summed E-state index contributed by atoms with van der Waals surface area (Å²) >= 11 is 0.857. The van der Waals surface area contributed by atoms with Crippen molar-refractivity contribution in [3.63, 3.8) is 0 Å². The van der Waals surface area contributed by atoms with Gasteiger partial charge in [0.05, 0.1) is 34.0 Å². The maximum Gasteiger partial charge on any atom is 0.417 e. The fraction of sp³-hybridized carbons (Fsp3) is 0.526. The Kier molecular flexibility index (Phi) is 6.51. The molecule has 3 rings (SSSR count). The zero-order valence-electron chi connectivity index (χ0n) is 16.9. The van der Waals surface area contributed by atoms with Gasteiger partial charge in [0.25, 0.3) is 5.91 Å². The number of aromatic nitrogens is 1. The van der Waals surface area contributed by atoms with Gasteiger partial charge in [0.2, 0.25) is 0 Å². The van der Waals surface area contributed by atoms with Crippen molar-refractivity contribution in [1.82, 2.24) is 15.2 Å². The van der Waals surface area contributed by atoms with Crippen LogP contribution in [0.15, 0.2) is 11.4 Å². The Morgan fingerprint density at radius 2 is 1.93 bits per heavy atom. The first-order valence-electron chi connectivity index (χ1n) is 9.48. The smallest absolute Gasteiger partial charge is 0.417 e. The summed E-state index contributed by atoms with van der Waals surface area (Å²) in [7, 11) is 1.42. The van der Waals surface area contributed by atoms with Crippen LogP contribution in [-0.4, -0.2) is 67.6 Å². The van der Waals surface area contributed by atoms with Gasteiger partial charge in [-0.25, -0.2) is 4.98 Å². The summed E-state index contributed by atoms with van der Waals surface area (Å²) in [5.74, 6) is -0.638. The van der Waals surface area contributed by atoms with Crippen LogP contribution in [0.3, 0.4) is 0 Å². The summed E-state index contributed by atoms with van der Waals surface area (Å²) in [5.41, 5.74) is -0.627. The summed E-state index contributed by atoms with van der Waals surface area (Å²) in [5, 5.41) is 3.83. The number of ether oxygens (including phenoxy) is 1. The Labute approximate surface area is 175 Å². The number of piperazine rings is 1. The monoisotopic (exact) mass is 444 g/mol. The van der Waals surface area contributed by atoms with E-state index < -0.39 is 17.6 Å². The number of alkyl halides is 3. The minimum absolute atomic E-state index is 0.0483. The molecule has 0 radical (unpaired) electrons. The highest BCUT2D eigenvalue weighted by Gasteiger charge is 2.36. The molecule has 0 spiro atoms. The number of thiophene rings is 1. The number of rotatable bonds is 5. The summed E-state index contributed by atoms with van der Waals surface area (Å²) in [4.78, 5) is 31.9. The van der Waals surface area contributed by atoms with Crippen molar-refractivity contribution in [1.29, 1.82) is 0 Å². The second-order valence-electron chi connectivity index (χ2n) is 7.23. The first kappa shape index (κ1) is 22.3. The zero-order valence-corrected chi connectivity index (χ0v) is 17.7. The number of hydrogen-bond acceptors (Lipinski definition) is 7. The van der Waals surface area contributed by atoms with Gasteiger partial charge in [0.15, 0.2) is 0 Å². The summed E-state index contributed by atoms with van der Waals surface area (Å²) < 4.78 is 46.1. The van der Waals surface area contributed by atoms with Gasteiger partial charge < -0.3 is 15.0 Å². The molecule has 0 atom stereocenters. The Morgan fingerprint density at radius 1 is 1.27 bits per heavy atom. The molecule has 0 saturated carbocycles. The quantitative estimate of drug-likeness (QED) is 0.715. The highest BCUT2D eigenvalue weighted by atomic mass is 32.1. The molecule has 1 aliphatic heterocycles. The standard InChI is InChI=1S/C19H23F3N4O3S/c1-11(2)29-15(27)9-25-4-6-26(7-5-25)14-8-13(19(20,21)22)17-16(24-14)12(10-30-17)18(28)23-3/h8,10-11H,4-7,9H2,1-3H3,(H,23,28). The molecule has 1 saturated heterocycles. The Morgan fingerprint density at radius 3 is 2.50 bits per heavy atom. The second-order valence-corrected chi connectivity index (χ2v) is 8.11. The van der Waals surface area contributed by atoms with Gasteiger partial charge >= 0.3 is 12.1 Å². The van der Waals surface area contributed by atoms with E-state index in [0.29, 0.717) is 26.2 Å². The van der Waals surface area contributed by atoms with Gasteiger partial charge in [-0.1, -0.05) is 0 Å². The van der Waals surface area contributed by atoms with Crippen molar-refractivity contribution >= 4 is 39.2 Å². The molecule has 0 unspecified atom stereocenters. The number of halogens is 3. The fourth-order valence-electron chi connectivity index (χ4n) is 3.28. The number of pyridine rings is 1. The van der Waals surface area contributed by atoms with Crippen LogP contribution in [0.2, 0.25) is 0 Å². The molecule has 0 aromatic carbocycles. The van der Waals surface area contributed by atoms with Crippen molar-refractivity contribution in [3.05, 3.63) is 22.6 Å². The SMILES string of the molecule is CNC(=O)c1csc2c(C(F)(F)F)cc(N3CCN(CC(=O)OC(C)C)CC3)nc12. The molecule has 0 bridgehead atoms. The molecule has 1 N–H and O–H groups in total. The van der Waals surface area contributed by atoms with E-state index in [1.807, 2.05) is 4.90 Å². The lowest BCUT2D eigenvalue weighted by Crippen LogP contribution is -2.48. The van der Waals surface area contributed by atoms with E-state index in [-0.39, 0.29) is 40.2 Å². The van der Waals surface area contributed by atoms with E-state index >= 15 is 0 Å². The predicted octanol–water partition coefficient (Wildman–Crippen LogP) is 2.75. The number of carbonyl (C=O) groups excluding carboxylic acids is 2. The lowest BCUT2D eigenvalue weighted by Gasteiger charge is -2.35. The lowest BCUT2D eigenvalue weighted by atomic mass is 10.1. The molecule has 1 aliphatic rings. The first-order chi connectivity index (χ1) is 14.1. The van der Waals surface area contributed by atoms with Gasteiger partial charge in [-0.3, -0.25) is 14.5 Å². The van der Waals surface area contributed by atoms with Crippen LogP contribution in [-0.2, 0) is 15.7 Å². The second kappa shape index (κ2) is 8.76. The number of hydrogen-bond donors (Lipinski definition) is 1. The maximum atomic E-state index is 13.7. The van der Waals surface area contributed by atoms with E-state index in [1.54, 1.807) is 18.7 Å². The molecule has 2 aromatic heterocycles. The number of nitrogens with one attached hydrogen (secondary N) is 1. The van der Waals surface area contributed by atoms with Gasteiger partial charge in [-0.05, 0) is 19.9 Å². The third-order valence-corrected chi connectivity index (χ3v) is 5.70. The number of fused-ring (bicyclic) bond motifs is 1. The van der Waals surface area contributed by atoms with Crippen LogP contribution >= 0.6 is 11.3 Å². The van der Waals surface area contributed by atoms with E-state index in [0.717, 1.165) is 17.4 Å². The molecule has 11 heteroatoms. The topological polar surface area (TPSA) is 74.8 Å². The van der Waals surface area contributed by atoms with E-state index in [2.05, 4.69) is 10.3 Å². The molecule has 7 nitrogen and oxygen atoms in total. The van der Waals surface area contributed by atoms with Crippen LogP contribution in [0.4, 0.5) is 19.0 Å². The van der Waals surface area contributed by atoms with E-state index in [1.165, 1.54) is 12.4 Å².